The van der Waals surface area contributed by atoms with Gasteiger partial charge in [-0.3, -0.25) is 4.79 Å². The molecule has 3 aromatic rings. The molecule has 1 aromatic heterocycles. The summed E-state index contributed by atoms with van der Waals surface area (Å²) in [6, 6.07) is 8.35. The van der Waals surface area contributed by atoms with Gasteiger partial charge in [-0.2, -0.15) is 8.78 Å². The zero-order valence-electron chi connectivity index (χ0n) is 16.6. The van der Waals surface area contributed by atoms with Gasteiger partial charge in [0.2, 0.25) is 0 Å². The molecule has 4 rings (SSSR count). The third-order valence-electron chi connectivity index (χ3n) is 4.73. The van der Waals surface area contributed by atoms with Crippen LogP contribution in [-0.2, 0) is 4.79 Å². The lowest BCUT2D eigenvalue weighted by atomic mass is 9.78. The van der Waals surface area contributed by atoms with E-state index in [9.17, 15) is 26.7 Å². The first kappa shape index (κ1) is 23.4. The van der Waals surface area contributed by atoms with Crippen LogP contribution < -0.4 is 5.73 Å². The van der Waals surface area contributed by atoms with E-state index in [-0.39, 0.29) is 5.82 Å². The summed E-state index contributed by atoms with van der Waals surface area (Å²) < 4.78 is 62.2. The number of carbonyl (C=O) groups is 1. The van der Waals surface area contributed by atoms with E-state index in [1.807, 2.05) is 13.8 Å². The lowest BCUT2D eigenvalue weighted by Gasteiger charge is -2.26. The normalized spacial score (nSPS) is 13.2. The molecule has 1 aliphatic rings. The SMILES string of the molecule is CC.Fc1ccc(-c2[nH]c3c(F)cc(F)cc3c2C2CCC2)cc1.NC(=O)C(F)F. The van der Waals surface area contributed by atoms with Crippen LogP contribution >= 0.6 is 0 Å². The molecule has 0 radical (unpaired) electrons. The molecule has 3 N–H and O–H groups in total. The second-order valence-electron chi connectivity index (χ2n) is 6.56. The number of hydrogen-bond donors (Lipinski definition) is 2. The van der Waals surface area contributed by atoms with Crippen LogP contribution in [0.15, 0.2) is 36.4 Å². The number of carbonyl (C=O) groups excluding carboxylic acids is 1. The number of hydrogen-bond acceptors (Lipinski definition) is 1. The van der Waals surface area contributed by atoms with Crippen LogP contribution in [0.25, 0.3) is 22.2 Å². The van der Waals surface area contributed by atoms with E-state index < -0.39 is 24.0 Å². The van der Waals surface area contributed by atoms with Gasteiger partial charge in [-0.1, -0.05) is 20.3 Å². The first-order chi connectivity index (χ1) is 14.3. The minimum absolute atomic E-state index is 0.301. The number of fused-ring (bicyclic) bond motifs is 1. The van der Waals surface area contributed by atoms with Gasteiger partial charge < -0.3 is 10.7 Å². The molecule has 0 spiro atoms. The van der Waals surface area contributed by atoms with E-state index in [1.165, 1.54) is 18.2 Å². The summed E-state index contributed by atoms with van der Waals surface area (Å²) in [5, 5.41) is 0.599. The van der Waals surface area contributed by atoms with Crippen molar-refractivity contribution in [3.63, 3.8) is 0 Å². The highest BCUT2D eigenvalue weighted by molar-refractivity contribution is 5.92. The number of primary amides is 1. The van der Waals surface area contributed by atoms with Gasteiger partial charge in [0.1, 0.15) is 17.5 Å². The summed E-state index contributed by atoms with van der Waals surface area (Å²) in [7, 11) is 0. The van der Waals surface area contributed by atoms with E-state index in [4.69, 9.17) is 0 Å². The molecule has 2 aromatic carbocycles. The Bertz CT molecular complexity index is 995. The number of nitrogens with one attached hydrogen (secondary N) is 1. The maximum absolute atomic E-state index is 14.1. The zero-order chi connectivity index (χ0) is 22.4. The summed E-state index contributed by atoms with van der Waals surface area (Å²) >= 11 is 0. The van der Waals surface area contributed by atoms with Crippen LogP contribution in [0, 0.1) is 17.5 Å². The number of aromatic nitrogens is 1. The monoisotopic (exact) mass is 426 g/mol. The Hall–Kier alpha value is -2.90. The quantitative estimate of drug-likeness (QED) is 0.476. The molecule has 1 aliphatic carbocycles. The van der Waals surface area contributed by atoms with E-state index >= 15 is 0 Å². The molecule has 1 heterocycles. The van der Waals surface area contributed by atoms with E-state index in [2.05, 4.69) is 10.7 Å². The number of aromatic amines is 1. The standard InChI is InChI=1S/C18H14F3N.C2H3F2NO.C2H6/c19-12-6-4-11(5-7-12)17-16(10-2-1-3-10)14-8-13(20)9-15(21)18(14)22-17;3-1(4)2(5)6;1-2/h4-10,22H,1-3H2;1H,(H2,5,6);1-2H3. The number of alkyl halides is 2. The largest absolute Gasteiger partial charge is 0.365 e. The van der Waals surface area contributed by atoms with Gasteiger partial charge in [-0.15, -0.1) is 0 Å². The minimum Gasteiger partial charge on any atom is -0.365 e. The fourth-order valence-corrected chi connectivity index (χ4v) is 3.21. The van der Waals surface area contributed by atoms with Crippen LogP contribution in [0.3, 0.4) is 0 Å². The van der Waals surface area contributed by atoms with Crippen LogP contribution in [0.1, 0.15) is 44.6 Å². The molecule has 1 fully saturated rings. The third kappa shape index (κ3) is 5.17. The van der Waals surface area contributed by atoms with Crippen LogP contribution in [0.4, 0.5) is 22.0 Å². The van der Waals surface area contributed by atoms with Crippen LogP contribution in [-0.4, -0.2) is 17.3 Å². The first-order valence-corrected chi connectivity index (χ1v) is 9.62. The van der Waals surface area contributed by atoms with Gasteiger partial charge in [-0.25, -0.2) is 13.2 Å². The minimum atomic E-state index is -3.01. The molecule has 0 bridgehead atoms. The van der Waals surface area contributed by atoms with Crippen LogP contribution in [0.5, 0.6) is 0 Å². The van der Waals surface area contributed by atoms with E-state index in [0.717, 1.165) is 42.1 Å². The Balaban J connectivity index is 0.000000348. The van der Waals surface area contributed by atoms with Crippen molar-refractivity contribution >= 4 is 16.8 Å². The maximum Gasteiger partial charge on any atom is 0.315 e. The highest BCUT2D eigenvalue weighted by Crippen LogP contribution is 2.45. The van der Waals surface area contributed by atoms with Gasteiger partial charge >= 0.3 is 6.43 Å². The number of H-pyrrole nitrogens is 1. The number of halogens is 5. The molecule has 0 aliphatic heterocycles. The van der Waals surface area contributed by atoms with Crippen molar-refractivity contribution < 1.29 is 26.7 Å². The van der Waals surface area contributed by atoms with Gasteiger partial charge in [0, 0.05) is 11.5 Å². The molecule has 0 atom stereocenters. The average molecular weight is 426 g/mol. The summed E-state index contributed by atoms with van der Waals surface area (Å²) in [4.78, 5) is 12.3. The van der Waals surface area contributed by atoms with E-state index in [1.54, 1.807) is 12.1 Å². The van der Waals surface area contributed by atoms with Crippen molar-refractivity contribution in [1.29, 1.82) is 0 Å². The Kier molecular flexibility index (Phi) is 7.97. The number of rotatable bonds is 3. The lowest BCUT2D eigenvalue weighted by Crippen LogP contribution is -2.19. The maximum atomic E-state index is 14.1. The predicted molar refractivity (Wildman–Crippen MR) is 107 cm³/mol. The van der Waals surface area contributed by atoms with Crippen molar-refractivity contribution in [3.8, 4) is 11.3 Å². The molecule has 8 heteroatoms. The van der Waals surface area contributed by atoms with Gasteiger partial charge in [-0.05, 0) is 60.2 Å². The van der Waals surface area contributed by atoms with Crippen molar-refractivity contribution in [3.05, 3.63) is 59.4 Å². The van der Waals surface area contributed by atoms with Gasteiger partial charge in [0.15, 0.2) is 0 Å². The van der Waals surface area contributed by atoms with Crippen molar-refractivity contribution in [2.45, 2.75) is 45.5 Å². The Labute approximate surface area is 171 Å². The molecule has 162 valence electrons. The topological polar surface area (TPSA) is 58.9 Å². The number of benzene rings is 2. The summed E-state index contributed by atoms with van der Waals surface area (Å²) in [5.41, 5.74) is 6.88. The molecule has 3 nitrogen and oxygen atoms in total. The Morgan fingerprint density at radius 2 is 1.60 bits per heavy atom. The first-order valence-electron chi connectivity index (χ1n) is 9.62. The van der Waals surface area contributed by atoms with Crippen LogP contribution in [0.2, 0.25) is 0 Å². The van der Waals surface area contributed by atoms with Gasteiger partial charge in [0.25, 0.3) is 5.91 Å². The summed E-state index contributed by atoms with van der Waals surface area (Å²) in [5.74, 6) is -2.76. The van der Waals surface area contributed by atoms with Crippen molar-refractivity contribution in [2.75, 3.05) is 0 Å². The smallest absolute Gasteiger partial charge is 0.315 e. The van der Waals surface area contributed by atoms with Gasteiger partial charge in [0.05, 0.1) is 11.2 Å². The van der Waals surface area contributed by atoms with E-state index in [0.29, 0.717) is 16.8 Å². The second-order valence-corrected chi connectivity index (χ2v) is 6.56. The molecular weight excluding hydrogens is 403 g/mol. The Morgan fingerprint density at radius 3 is 2.07 bits per heavy atom. The average Bonchev–Trinajstić information content (AvgIpc) is 3.02. The zero-order valence-corrected chi connectivity index (χ0v) is 16.6. The highest BCUT2D eigenvalue weighted by Gasteiger charge is 2.27. The third-order valence-corrected chi connectivity index (χ3v) is 4.73. The molecule has 0 unspecified atom stereocenters. The molecule has 30 heavy (non-hydrogen) atoms. The fraction of sp³-hybridized carbons (Fsp3) is 0.318. The number of nitrogens with two attached hydrogens (primary N) is 1. The second kappa shape index (κ2) is 10.2. The Morgan fingerprint density at radius 1 is 1.03 bits per heavy atom. The van der Waals surface area contributed by atoms with Crippen molar-refractivity contribution in [2.24, 2.45) is 5.73 Å². The summed E-state index contributed by atoms with van der Waals surface area (Å²) in [6.07, 6.45) is 0.140. The fourth-order valence-electron chi connectivity index (χ4n) is 3.21. The molecule has 1 amide bonds. The molecule has 1 saturated carbocycles. The van der Waals surface area contributed by atoms with Crippen molar-refractivity contribution in [1.82, 2.24) is 4.98 Å². The highest BCUT2D eigenvalue weighted by atomic mass is 19.3. The lowest BCUT2D eigenvalue weighted by molar-refractivity contribution is -0.128. The molecular formula is C22H23F5N2O. The summed E-state index contributed by atoms with van der Waals surface area (Å²) in [6.45, 7) is 4.00. The predicted octanol–water partition coefficient (Wildman–Crippen LogP) is 6.28. The number of amides is 1. The molecule has 0 saturated heterocycles.